The lowest BCUT2D eigenvalue weighted by atomic mass is 10.2. The van der Waals surface area contributed by atoms with Crippen LogP contribution in [0.4, 0.5) is 5.82 Å². The van der Waals surface area contributed by atoms with E-state index in [4.69, 9.17) is 9.84 Å². The summed E-state index contributed by atoms with van der Waals surface area (Å²) in [6.07, 6.45) is 0.124. The molecule has 2 rings (SSSR count). The van der Waals surface area contributed by atoms with Crippen LogP contribution in [0.1, 0.15) is 6.42 Å². The van der Waals surface area contributed by atoms with Crippen LogP contribution in [-0.4, -0.2) is 28.1 Å². The van der Waals surface area contributed by atoms with E-state index in [0.717, 1.165) is 0 Å². The molecule has 0 spiro atoms. The van der Waals surface area contributed by atoms with E-state index in [1.807, 2.05) is 0 Å². The van der Waals surface area contributed by atoms with E-state index in [1.54, 1.807) is 6.07 Å². The minimum Gasteiger partial charge on any atom is -0.481 e. The number of amides is 1. The zero-order valence-corrected chi connectivity index (χ0v) is 9.52. The zero-order chi connectivity index (χ0) is 11.7. The molecule has 7 heteroatoms. The summed E-state index contributed by atoms with van der Waals surface area (Å²) < 4.78 is 5.94. The van der Waals surface area contributed by atoms with Gasteiger partial charge in [0.1, 0.15) is 0 Å². The number of carbonyl (C=O) groups is 2. The Labute approximate surface area is 98.8 Å². The number of nitrogens with zero attached hydrogens (tertiary/aromatic N) is 1. The summed E-state index contributed by atoms with van der Waals surface area (Å²) in [7, 11) is 0. The Hall–Kier alpha value is -1.63. The number of halogens is 1. The molecule has 0 fully saturated rings. The number of carbonyl (C=O) groups excluding carboxylic acids is 1. The first-order chi connectivity index (χ1) is 7.56. The summed E-state index contributed by atoms with van der Waals surface area (Å²) in [5.74, 6) is -0.925. The maximum Gasteiger partial charge on any atom is 0.307 e. The zero-order valence-electron chi connectivity index (χ0n) is 7.94. The number of ether oxygens (including phenoxy) is 1. The van der Waals surface area contributed by atoms with Gasteiger partial charge in [0.2, 0.25) is 0 Å². The molecule has 0 saturated carbocycles. The molecule has 84 valence electrons. The number of carboxylic acid groups (broad SMARTS) is 1. The summed E-state index contributed by atoms with van der Waals surface area (Å²) in [6.45, 7) is 0. The summed E-state index contributed by atoms with van der Waals surface area (Å²) in [6, 6.07) is 1.62. The average Bonchev–Trinajstić information content (AvgIpc) is 2.19. The number of aromatic nitrogens is 1. The fourth-order valence-corrected chi connectivity index (χ4v) is 1.61. The second-order valence-corrected chi connectivity index (χ2v) is 4.11. The molecule has 0 aromatic carbocycles. The second-order valence-electron chi connectivity index (χ2n) is 3.19. The third-order valence-electron chi connectivity index (χ3n) is 1.98. The van der Waals surface area contributed by atoms with Gasteiger partial charge in [-0.1, -0.05) is 0 Å². The molecule has 16 heavy (non-hydrogen) atoms. The fraction of sp³-hybridized carbons (Fsp3) is 0.222. The highest BCUT2D eigenvalue weighted by Gasteiger charge is 2.30. The Morgan fingerprint density at radius 1 is 1.69 bits per heavy atom. The van der Waals surface area contributed by atoms with Crippen molar-refractivity contribution in [2.24, 2.45) is 0 Å². The van der Waals surface area contributed by atoms with Crippen LogP contribution in [0.5, 0.6) is 5.75 Å². The largest absolute Gasteiger partial charge is 0.481 e. The SMILES string of the molecule is O=C(O)CC1Oc2cc(Br)cnc2NC1=O. The number of hydrogen-bond donors (Lipinski definition) is 2. The van der Waals surface area contributed by atoms with Crippen LogP contribution in [-0.2, 0) is 9.59 Å². The van der Waals surface area contributed by atoms with Crippen molar-refractivity contribution < 1.29 is 19.4 Å². The van der Waals surface area contributed by atoms with Crippen LogP contribution in [0.15, 0.2) is 16.7 Å². The van der Waals surface area contributed by atoms with Crippen molar-refractivity contribution in [3.8, 4) is 5.75 Å². The number of rotatable bonds is 2. The van der Waals surface area contributed by atoms with E-state index in [9.17, 15) is 9.59 Å². The molecule has 0 radical (unpaired) electrons. The molecule has 1 amide bonds. The predicted molar refractivity (Wildman–Crippen MR) is 57.2 cm³/mol. The number of fused-ring (bicyclic) bond motifs is 1. The van der Waals surface area contributed by atoms with Gasteiger partial charge < -0.3 is 15.2 Å². The Balaban J connectivity index is 2.26. The number of hydrogen-bond acceptors (Lipinski definition) is 4. The molecule has 1 aliphatic heterocycles. The van der Waals surface area contributed by atoms with Crippen LogP contribution in [0.3, 0.4) is 0 Å². The normalized spacial score (nSPS) is 18.3. The first-order valence-electron chi connectivity index (χ1n) is 4.41. The minimum atomic E-state index is -1.09. The molecule has 6 nitrogen and oxygen atoms in total. The van der Waals surface area contributed by atoms with Gasteiger partial charge in [0.05, 0.1) is 6.42 Å². The number of nitrogens with one attached hydrogen (secondary N) is 1. The number of carboxylic acids is 1. The van der Waals surface area contributed by atoms with Crippen molar-refractivity contribution in [2.45, 2.75) is 12.5 Å². The molecule has 0 aliphatic carbocycles. The third kappa shape index (κ3) is 2.13. The van der Waals surface area contributed by atoms with E-state index in [1.165, 1.54) is 6.20 Å². The predicted octanol–water partition coefficient (Wildman–Crippen LogP) is 1.02. The van der Waals surface area contributed by atoms with Crippen molar-refractivity contribution in [3.05, 3.63) is 16.7 Å². The van der Waals surface area contributed by atoms with Gasteiger partial charge in [0.25, 0.3) is 5.91 Å². The molecular formula is C9H7BrN2O4. The van der Waals surface area contributed by atoms with Crippen molar-refractivity contribution in [1.82, 2.24) is 4.98 Å². The molecule has 0 saturated heterocycles. The van der Waals surface area contributed by atoms with Crippen LogP contribution >= 0.6 is 15.9 Å². The number of aliphatic carboxylic acids is 1. The topological polar surface area (TPSA) is 88.5 Å². The Kier molecular flexibility index (Phi) is 2.78. The molecule has 1 unspecified atom stereocenters. The Bertz CT molecular complexity index is 463. The standard InChI is InChI=1S/C9H7BrN2O4/c10-4-1-5-8(11-3-4)12-9(15)6(16-5)2-7(13)14/h1,3,6H,2H2,(H,13,14)(H,11,12,15). The average molecular weight is 287 g/mol. The van der Waals surface area contributed by atoms with Gasteiger partial charge in [-0.3, -0.25) is 9.59 Å². The van der Waals surface area contributed by atoms with E-state index in [-0.39, 0.29) is 6.42 Å². The van der Waals surface area contributed by atoms with Gasteiger partial charge in [-0.25, -0.2) is 4.98 Å². The van der Waals surface area contributed by atoms with E-state index < -0.39 is 18.0 Å². The van der Waals surface area contributed by atoms with Crippen molar-refractivity contribution >= 4 is 33.6 Å². The van der Waals surface area contributed by atoms with Crippen LogP contribution in [0.2, 0.25) is 0 Å². The molecule has 1 aromatic rings. The maximum absolute atomic E-state index is 11.4. The Morgan fingerprint density at radius 2 is 2.44 bits per heavy atom. The molecule has 1 aliphatic rings. The van der Waals surface area contributed by atoms with Gasteiger partial charge in [-0.15, -0.1) is 0 Å². The van der Waals surface area contributed by atoms with Crippen LogP contribution in [0.25, 0.3) is 0 Å². The fourth-order valence-electron chi connectivity index (χ4n) is 1.30. The van der Waals surface area contributed by atoms with Gasteiger partial charge in [-0.05, 0) is 22.0 Å². The number of pyridine rings is 1. The van der Waals surface area contributed by atoms with E-state index in [0.29, 0.717) is 16.0 Å². The molecule has 1 aromatic heterocycles. The minimum absolute atomic E-state index is 0.301. The molecular weight excluding hydrogens is 280 g/mol. The maximum atomic E-state index is 11.4. The quantitative estimate of drug-likeness (QED) is 0.847. The molecule has 1 atom stereocenters. The third-order valence-corrected chi connectivity index (χ3v) is 2.42. The monoisotopic (exact) mass is 286 g/mol. The van der Waals surface area contributed by atoms with Gasteiger partial charge in [-0.2, -0.15) is 0 Å². The smallest absolute Gasteiger partial charge is 0.307 e. The lowest BCUT2D eigenvalue weighted by Gasteiger charge is -2.23. The van der Waals surface area contributed by atoms with E-state index in [2.05, 4.69) is 26.2 Å². The van der Waals surface area contributed by atoms with Gasteiger partial charge in [0.15, 0.2) is 17.7 Å². The highest BCUT2D eigenvalue weighted by atomic mass is 79.9. The second kappa shape index (κ2) is 4.09. The summed E-state index contributed by atoms with van der Waals surface area (Å²) in [4.78, 5) is 25.9. The van der Waals surface area contributed by atoms with Crippen molar-refractivity contribution in [3.63, 3.8) is 0 Å². The Morgan fingerprint density at radius 3 is 3.12 bits per heavy atom. The summed E-state index contributed by atoms with van der Waals surface area (Å²) in [5.41, 5.74) is 0. The van der Waals surface area contributed by atoms with Gasteiger partial charge in [0, 0.05) is 10.7 Å². The van der Waals surface area contributed by atoms with Crippen molar-refractivity contribution in [1.29, 1.82) is 0 Å². The first-order valence-corrected chi connectivity index (χ1v) is 5.20. The van der Waals surface area contributed by atoms with Crippen LogP contribution < -0.4 is 10.1 Å². The van der Waals surface area contributed by atoms with Gasteiger partial charge >= 0.3 is 5.97 Å². The summed E-state index contributed by atoms with van der Waals surface area (Å²) in [5, 5.41) is 11.1. The van der Waals surface area contributed by atoms with Crippen LogP contribution in [0, 0.1) is 0 Å². The van der Waals surface area contributed by atoms with Crippen molar-refractivity contribution in [2.75, 3.05) is 5.32 Å². The molecule has 0 bridgehead atoms. The lowest BCUT2D eigenvalue weighted by molar-refractivity contribution is -0.142. The molecule has 2 heterocycles. The van der Waals surface area contributed by atoms with E-state index >= 15 is 0 Å². The summed E-state index contributed by atoms with van der Waals surface area (Å²) >= 11 is 3.20. The highest BCUT2D eigenvalue weighted by molar-refractivity contribution is 9.10. The lowest BCUT2D eigenvalue weighted by Crippen LogP contribution is -2.38. The molecule has 2 N–H and O–H groups in total. The number of anilines is 1. The highest BCUT2D eigenvalue weighted by Crippen LogP contribution is 2.30. The first kappa shape index (κ1) is 10.9.